The van der Waals surface area contributed by atoms with E-state index in [1.54, 1.807) is 0 Å². The van der Waals surface area contributed by atoms with Crippen molar-refractivity contribution in [2.45, 2.75) is 45.4 Å². The van der Waals surface area contributed by atoms with E-state index in [1.807, 2.05) is 23.1 Å². The lowest BCUT2D eigenvalue weighted by Crippen LogP contribution is -2.31. The predicted molar refractivity (Wildman–Crippen MR) is 105 cm³/mol. The fourth-order valence-corrected chi connectivity index (χ4v) is 3.66. The van der Waals surface area contributed by atoms with Gasteiger partial charge in [0, 0.05) is 44.1 Å². The summed E-state index contributed by atoms with van der Waals surface area (Å²) in [4.78, 5) is 29.3. The smallest absolute Gasteiger partial charge is 0.319 e. The lowest BCUT2D eigenvalue weighted by atomic mass is 10.1. The molecule has 142 valence electrons. The zero-order valence-electron chi connectivity index (χ0n) is 15.7. The minimum Gasteiger partial charge on any atom is -0.371 e. The highest BCUT2D eigenvalue weighted by Gasteiger charge is 2.25. The van der Waals surface area contributed by atoms with Crippen LogP contribution in [-0.4, -0.2) is 49.6 Å². The molecule has 26 heavy (non-hydrogen) atoms. The van der Waals surface area contributed by atoms with Crippen molar-refractivity contribution in [3.8, 4) is 0 Å². The molecule has 0 aliphatic carbocycles. The number of anilines is 2. The second kappa shape index (κ2) is 8.92. The van der Waals surface area contributed by atoms with Crippen molar-refractivity contribution in [2.75, 3.05) is 42.9 Å². The molecule has 3 rings (SSSR count). The molecule has 1 aromatic carbocycles. The number of hydrogen-bond donors (Lipinski definition) is 2. The Labute approximate surface area is 155 Å². The van der Waals surface area contributed by atoms with Gasteiger partial charge >= 0.3 is 6.03 Å². The van der Waals surface area contributed by atoms with Crippen molar-refractivity contribution >= 4 is 23.3 Å². The van der Waals surface area contributed by atoms with Crippen LogP contribution < -0.4 is 15.5 Å². The Balaban J connectivity index is 1.78. The van der Waals surface area contributed by atoms with E-state index < -0.39 is 0 Å². The van der Waals surface area contributed by atoms with Crippen LogP contribution in [0.4, 0.5) is 16.2 Å². The lowest BCUT2D eigenvalue weighted by Gasteiger charge is -2.24. The van der Waals surface area contributed by atoms with Crippen LogP contribution in [0.5, 0.6) is 0 Å². The highest BCUT2D eigenvalue weighted by Crippen LogP contribution is 2.29. The molecule has 0 atom stereocenters. The summed E-state index contributed by atoms with van der Waals surface area (Å²) in [5, 5.41) is 5.71. The van der Waals surface area contributed by atoms with Gasteiger partial charge in [-0.1, -0.05) is 13.3 Å². The summed E-state index contributed by atoms with van der Waals surface area (Å²) >= 11 is 0. The van der Waals surface area contributed by atoms with Crippen LogP contribution in [0.1, 0.15) is 55.8 Å². The Morgan fingerprint density at radius 3 is 2.42 bits per heavy atom. The van der Waals surface area contributed by atoms with Gasteiger partial charge in [-0.2, -0.15) is 0 Å². The summed E-state index contributed by atoms with van der Waals surface area (Å²) < 4.78 is 0. The fourth-order valence-electron chi connectivity index (χ4n) is 3.66. The molecule has 1 aromatic rings. The summed E-state index contributed by atoms with van der Waals surface area (Å²) in [7, 11) is 0. The summed E-state index contributed by atoms with van der Waals surface area (Å²) in [5.74, 6) is 0.0828. The van der Waals surface area contributed by atoms with E-state index in [-0.39, 0.29) is 11.9 Å². The molecule has 2 fully saturated rings. The zero-order valence-corrected chi connectivity index (χ0v) is 15.7. The Morgan fingerprint density at radius 2 is 1.73 bits per heavy atom. The highest BCUT2D eigenvalue weighted by atomic mass is 16.2. The van der Waals surface area contributed by atoms with Crippen molar-refractivity contribution in [3.63, 3.8) is 0 Å². The number of nitrogens with one attached hydrogen (secondary N) is 2. The van der Waals surface area contributed by atoms with E-state index in [9.17, 15) is 9.59 Å². The van der Waals surface area contributed by atoms with Crippen molar-refractivity contribution in [2.24, 2.45) is 0 Å². The molecule has 2 N–H and O–H groups in total. The van der Waals surface area contributed by atoms with Crippen LogP contribution in [0.15, 0.2) is 18.2 Å². The van der Waals surface area contributed by atoms with Gasteiger partial charge < -0.3 is 20.4 Å². The van der Waals surface area contributed by atoms with Crippen LogP contribution >= 0.6 is 0 Å². The molecule has 3 amide bonds. The highest BCUT2D eigenvalue weighted by molar-refractivity contribution is 6.02. The molecule has 0 bridgehead atoms. The Morgan fingerprint density at radius 1 is 1.04 bits per heavy atom. The minimum atomic E-state index is -0.216. The molecule has 2 saturated heterocycles. The van der Waals surface area contributed by atoms with E-state index in [1.165, 1.54) is 0 Å². The van der Waals surface area contributed by atoms with Crippen LogP contribution in [0.2, 0.25) is 0 Å². The minimum absolute atomic E-state index is 0.0828. The Bertz CT molecular complexity index is 635. The van der Waals surface area contributed by atoms with E-state index in [4.69, 9.17) is 0 Å². The molecule has 0 aromatic heterocycles. The first-order valence-electron chi connectivity index (χ1n) is 9.92. The first kappa shape index (κ1) is 18.5. The van der Waals surface area contributed by atoms with Gasteiger partial charge in [0.15, 0.2) is 0 Å². The maximum Gasteiger partial charge on any atom is 0.319 e. The molecule has 0 radical (unpaired) electrons. The second-order valence-electron chi connectivity index (χ2n) is 7.16. The van der Waals surface area contributed by atoms with E-state index in [2.05, 4.69) is 22.5 Å². The number of unbranched alkanes of at least 4 members (excludes halogenated alkanes) is 1. The van der Waals surface area contributed by atoms with Gasteiger partial charge in [0.1, 0.15) is 0 Å². The summed E-state index contributed by atoms with van der Waals surface area (Å²) in [6.45, 7) is 6.39. The van der Waals surface area contributed by atoms with Crippen LogP contribution in [-0.2, 0) is 0 Å². The van der Waals surface area contributed by atoms with Crippen molar-refractivity contribution in [1.82, 2.24) is 10.2 Å². The first-order chi connectivity index (χ1) is 12.7. The molecule has 0 unspecified atom stereocenters. The fraction of sp³-hybridized carbons (Fsp3) is 0.600. The van der Waals surface area contributed by atoms with Crippen LogP contribution in [0, 0.1) is 0 Å². The molecule has 6 heteroatoms. The molecular formula is C20H30N4O2. The molecule has 2 aliphatic heterocycles. The Hall–Kier alpha value is -2.24. The van der Waals surface area contributed by atoms with Crippen molar-refractivity contribution in [1.29, 1.82) is 0 Å². The first-order valence-corrected chi connectivity index (χ1v) is 9.92. The van der Waals surface area contributed by atoms with Gasteiger partial charge in [-0.3, -0.25) is 4.79 Å². The van der Waals surface area contributed by atoms with Gasteiger partial charge in [-0.05, 0) is 50.3 Å². The van der Waals surface area contributed by atoms with Crippen molar-refractivity contribution in [3.05, 3.63) is 23.8 Å². The van der Waals surface area contributed by atoms with E-state index >= 15 is 0 Å². The van der Waals surface area contributed by atoms with Gasteiger partial charge in [0.2, 0.25) is 0 Å². The Kier molecular flexibility index (Phi) is 6.36. The van der Waals surface area contributed by atoms with Gasteiger partial charge in [-0.25, -0.2) is 4.79 Å². The number of carbonyl (C=O) groups is 2. The topological polar surface area (TPSA) is 64.7 Å². The zero-order chi connectivity index (χ0) is 18.4. The number of hydrogen-bond acceptors (Lipinski definition) is 3. The van der Waals surface area contributed by atoms with E-state index in [0.717, 1.165) is 70.4 Å². The monoisotopic (exact) mass is 358 g/mol. The molecule has 6 nitrogen and oxygen atoms in total. The number of likely N-dealkylation sites (tertiary alicyclic amines) is 1. The van der Waals surface area contributed by atoms with Gasteiger partial charge in [0.05, 0.1) is 5.56 Å². The molecular weight excluding hydrogens is 328 g/mol. The van der Waals surface area contributed by atoms with E-state index in [0.29, 0.717) is 17.8 Å². The SMILES string of the molecule is CCCCNC(=O)Nc1ccc(N2CCCC2)c(C(=O)N2CCCC2)c1. The average molecular weight is 358 g/mol. The molecule has 2 aliphatic rings. The summed E-state index contributed by atoms with van der Waals surface area (Å²) in [6.07, 6.45) is 6.47. The predicted octanol–water partition coefficient (Wildman–Crippen LogP) is 3.44. The molecule has 2 heterocycles. The molecule has 0 saturated carbocycles. The maximum absolute atomic E-state index is 13.0. The number of benzene rings is 1. The number of nitrogens with zero attached hydrogens (tertiary/aromatic N) is 2. The lowest BCUT2D eigenvalue weighted by molar-refractivity contribution is 0.0793. The van der Waals surface area contributed by atoms with Crippen LogP contribution in [0.3, 0.4) is 0 Å². The van der Waals surface area contributed by atoms with Gasteiger partial charge in [0.25, 0.3) is 5.91 Å². The second-order valence-corrected chi connectivity index (χ2v) is 7.16. The molecule has 0 spiro atoms. The third-order valence-corrected chi connectivity index (χ3v) is 5.14. The maximum atomic E-state index is 13.0. The quantitative estimate of drug-likeness (QED) is 0.766. The number of rotatable bonds is 6. The summed E-state index contributed by atoms with van der Waals surface area (Å²) in [6, 6.07) is 5.50. The summed E-state index contributed by atoms with van der Waals surface area (Å²) in [5.41, 5.74) is 2.38. The van der Waals surface area contributed by atoms with Crippen LogP contribution in [0.25, 0.3) is 0 Å². The largest absolute Gasteiger partial charge is 0.371 e. The standard InChI is InChI=1S/C20H30N4O2/c1-2-3-10-21-20(26)22-16-8-9-18(23-11-4-5-12-23)17(15-16)19(25)24-13-6-7-14-24/h8-9,15H,2-7,10-14H2,1H3,(H2,21,22,26). The third kappa shape index (κ3) is 4.48. The third-order valence-electron chi connectivity index (χ3n) is 5.14. The number of amides is 3. The average Bonchev–Trinajstić information content (AvgIpc) is 3.35. The van der Waals surface area contributed by atoms with Crippen molar-refractivity contribution < 1.29 is 9.59 Å². The van der Waals surface area contributed by atoms with Gasteiger partial charge in [-0.15, -0.1) is 0 Å². The number of carbonyl (C=O) groups excluding carboxylic acids is 2. The number of urea groups is 1. The normalized spacial score (nSPS) is 16.8.